The Labute approximate surface area is 113 Å². The summed E-state index contributed by atoms with van der Waals surface area (Å²) in [6.07, 6.45) is 1.36. The van der Waals surface area contributed by atoms with Gasteiger partial charge in [-0.2, -0.15) is 0 Å². The molecule has 0 fully saturated rings. The van der Waals surface area contributed by atoms with Crippen LogP contribution in [0.4, 0.5) is 10.3 Å². The lowest BCUT2D eigenvalue weighted by Gasteiger charge is -2.06. The fourth-order valence-corrected chi connectivity index (χ4v) is 1.64. The number of halogens is 2. The van der Waals surface area contributed by atoms with Crippen molar-refractivity contribution in [3.63, 3.8) is 0 Å². The highest BCUT2D eigenvalue weighted by atomic mass is 35.5. The standard InChI is InChI=1S/C11H11ClFN5O/c12-8-3-7(1-2-9(8)13)4-15-10(19)5-18-6-16-11(14)17-18/h1-3,6H,4-5H2,(H2,14,17)(H,15,19). The fraction of sp³-hybridized carbons (Fsp3) is 0.182. The van der Waals surface area contributed by atoms with Crippen LogP contribution >= 0.6 is 11.6 Å². The number of carbonyl (C=O) groups is 1. The second-order valence-electron chi connectivity index (χ2n) is 3.83. The lowest BCUT2D eigenvalue weighted by atomic mass is 10.2. The summed E-state index contributed by atoms with van der Waals surface area (Å²) < 4.78 is 14.3. The molecule has 1 amide bonds. The van der Waals surface area contributed by atoms with E-state index in [-0.39, 0.29) is 30.0 Å². The molecule has 1 aromatic heterocycles. The van der Waals surface area contributed by atoms with E-state index in [0.29, 0.717) is 5.56 Å². The first-order valence-electron chi connectivity index (χ1n) is 5.40. The van der Waals surface area contributed by atoms with Gasteiger partial charge in [0.2, 0.25) is 11.9 Å². The third-order valence-corrected chi connectivity index (χ3v) is 2.62. The molecule has 19 heavy (non-hydrogen) atoms. The van der Waals surface area contributed by atoms with Crippen LogP contribution in [0.1, 0.15) is 5.56 Å². The maximum atomic E-state index is 12.9. The minimum Gasteiger partial charge on any atom is -0.367 e. The zero-order valence-corrected chi connectivity index (χ0v) is 10.6. The highest BCUT2D eigenvalue weighted by molar-refractivity contribution is 6.30. The molecule has 100 valence electrons. The zero-order valence-electron chi connectivity index (χ0n) is 9.81. The second-order valence-corrected chi connectivity index (χ2v) is 4.23. The molecule has 0 saturated carbocycles. The molecular weight excluding hydrogens is 273 g/mol. The van der Waals surface area contributed by atoms with Crippen LogP contribution in [0.5, 0.6) is 0 Å². The Balaban J connectivity index is 1.88. The first-order valence-corrected chi connectivity index (χ1v) is 5.78. The number of nitrogens with one attached hydrogen (secondary N) is 1. The number of carbonyl (C=O) groups excluding carboxylic acids is 1. The van der Waals surface area contributed by atoms with E-state index < -0.39 is 5.82 Å². The molecule has 6 nitrogen and oxygen atoms in total. The number of amides is 1. The van der Waals surface area contributed by atoms with Gasteiger partial charge in [0, 0.05) is 6.54 Å². The highest BCUT2D eigenvalue weighted by Gasteiger charge is 2.06. The van der Waals surface area contributed by atoms with Gasteiger partial charge < -0.3 is 11.1 Å². The van der Waals surface area contributed by atoms with Gasteiger partial charge in [-0.25, -0.2) is 14.1 Å². The number of anilines is 1. The third-order valence-electron chi connectivity index (χ3n) is 2.33. The van der Waals surface area contributed by atoms with Crippen LogP contribution in [-0.2, 0) is 17.9 Å². The van der Waals surface area contributed by atoms with Gasteiger partial charge in [-0.3, -0.25) is 4.79 Å². The number of nitrogens with two attached hydrogens (primary N) is 1. The SMILES string of the molecule is Nc1ncn(CC(=O)NCc2ccc(F)c(Cl)c2)n1. The summed E-state index contributed by atoms with van der Waals surface area (Å²) in [5.41, 5.74) is 6.03. The Hall–Kier alpha value is -2.15. The lowest BCUT2D eigenvalue weighted by molar-refractivity contribution is -0.122. The van der Waals surface area contributed by atoms with E-state index >= 15 is 0 Å². The molecular formula is C11H11ClFN5O. The Morgan fingerprint density at radius 3 is 2.95 bits per heavy atom. The van der Waals surface area contributed by atoms with Crippen LogP contribution in [0.3, 0.4) is 0 Å². The predicted octanol–water partition coefficient (Wildman–Crippen LogP) is 0.969. The van der Waals surface area contributed by atoms with Crippen molar-refractivity contribution in [3.05, 3.63) is 40.9 Å². The summed E-state index contributed by atoms with van der Waals surface area (Å²) in [5.74, 6) is -0.640. The Bertz CT molecular complexity index is 601. The van der Waals surface area contributed by atoms with Crippen molar-refractivity contribution < 1.29 is 9.18 Å². The molecule has 0 saturated heterocycles. The van der Waals surface area contributed by atoms with Crippen molar-refractivity contribution in [2.75, 3.05) is 5.73 Å². The van der Waals surface area contributed by atoms with Crippen molar-refractivity contribution in [2.24, 2.45) is 0 Å². The molecule has 1 aromatic carbocycles. The van der Waals surface area contributed by atoms with Gasteiger partial charge in [0.1, 0.15) is 18.7 Å². The highest BCUT2D eigenvalue weighted by Crippen LogP contribution is 2.15. The average molecular weight is 284 g/mol. The van der Waals surface area contributed by atoms with Crippen LogP contribution < -0.4 is 11.1 Å². The molecule has 0 bridgehead atoms. The maximum absolute atomic E-state index is 12.9. The molecule has 0 spiro atoms. The van der Waals surface area contributed by atoms with Crippen LogP contribution in [-0.4, -0.2) is 20.7 Å². The quantitative estimate of drug-likeness (QED) is 0.875. The Morgan fingerprint density at radius 2 is 2.32 bits per heavy atom. The van der Waals surface area contributed by atoms with Crippen molar-refractivity contribution in [1.29, 1.82) is 0 Å². The van der Waals surface area contributed by atoms with Gasteiger partial charge in [-0.15, -0.1) is 5.10 Å². The van der Waals surface area contributed by atoms with Crippen molar-refractivity contribution in [1.82, 2.24) is 20.1 Å². The monoisotopic (exact) mass is 283 g/mol. The number of nitrogens with zero attached hydrogens (tertiary/aromatic N) is 3. The summed E-state index contributed by atoms with van der Waals surface area (Å²) in [5, 5.41) is 6.46. The van der Waals surface area contributed by atoms with Crippen molar-refractivity contribution >= 4 is 23.5 Å². The van der Waals surface area contributed by atoms with Gasteiger partial charge in [0.25, 0.3) is 0 Å². The minimum absolute atomic E-state index is 0.0130. The number of benzene rings is 1. The van der Waals surface area contributed by atoms with E-state index in [0.717, 1.165) is 0 Å². The topological polar surface area (TPSA) is 85.8 Å². The van der Waals surface area contributed by atoms with E-state index in [9.17, 15) is 9.18 Å². The molecule has 0 radical (unpaired) electrons. The molecule has 0 unspecified atom stereocenters. The third kappa shape index (κ3) is 3.65. The van der Waals surface area contributed by atoms with E-state index in [1.54, 1.807) is 6.07 Å². The van der Waals surface area contributed by atoms with Gasteiger partial charge >= 0.3 is 0 Å². The van der Waals surface area contributed by atoms with E-state index in [1.807, 2.05) is 0 Å². The van der Waals surface area contributed by atoms with E-state index in [2.05, 4.69) is 15.4 Å². The van der Waals surface area contributed by atoms with Crippen molar-refractivity contribution in [3.8, 4) is 0 Å². The second kappa shape index (κ2) is 5.66. The van der Waals surface area contributed by atoms with Crippen LogP contribution in [0, 0.1) is 5.82 Å². The van der Waals surface area contributed by atoms with Crippen molar-refractivity contribution in [2.45, 2.75) is 13.1 Å². The van der Waals surface area contributed by atoms with Gasteiger partial charge in [-0.1, -0.05) is 17.7 Å². The fourth-order valence-electron chi connectivity index (χ4n) is 1.44. The van der Waals surface area contributed by atoms with Crippen LogP contribution in [0.2, 0.25) is 5.02 Å². The molecule has 3 N–H and O–H groups in total. The number of hydrogen-bond acceptors (Lipinski definition) is 4. The molecule has 0 aliphatic heterocycles. The molecule has 1 heterocycles. The summed E-state index contributed by atoms with van der Waals surface area (Å²) in [4.78, 5) is 15.3. The maximum Gasteiger partial charge on any atom is 0.242 e. The average Bonchev–Trinajstić information content (AvgIpc) is 2.76. The number of nitrogen functional groups attached to an aromatic ring is 1. The molecule has 0 aliphatic carbocycles. The number of rotatable bonds is 4. The Morgan fingerprint density at radius 1 is 1.53 bits per heavy atom. The lowest BCUT2D eigenvalue weighted by Crippen LogP contribution is -2.27. The van der Waals surface area contributed by atoms with E-state index in [4.69, 9.17) is 17.3 Å². The molecule has 8 heteroatoms. The summed E-state index contributed by atoms with van der Waals surface area (Å²) >= 11 is 5.64. The summed E-state index contributed by atoms with van der Waals surface area (Å²) in [6.45, 7) is 0.266. The van der Waals surface area contributed by atoms with Gasteiger partial charge in [0.05, 0.1) is 5.02 Å². The normalized spacial score (nSPS) is 10.4. The zero-order chi connectivity index (χ0) is 13.8. The summed E-state index contributed by atoms with van der Waals surface area (Å²) in [7, 11) is 0. The first kappa shape index (κ1) is 13.3. The molecule has 0 aliphatic rings. The smallest absolute Gasteiger partial charge is 0.242 e. The molecule has 2 rings (SSSR count). The number of hydrogen-bond donors (Lipinski definition) is 2. The van der Waals surface area contributed by atoms with Crippen LogP contribution in [0.15, 0.2) is 24.5 Å². The van der Waals surface area contributed by atoms with Gasteiger partial charge in [0.15, 0.2) is 0 Å². The predicted molar refractivity (Wildman–Crippen MR) is 67.7 cm³/mol. The van der Waals surface area contributed by atoms with Crippen LogP contribution in [0.25, 0.3) is 0 Å². The largest absolute Gasteiger partial charge is 0.367 e. The summed E-state index contributed by atoms with van der Waals surface area (Å²) in [6, 6.07) is 4.27. The van der Waals surface area contributed by atoms with Gasteiger partial charge in [-0.05, 0) is 17.7 Å². The number of aromatic nitrogens is 3. The molecule has 2 aromatic rings. The first-order chi connectivity index (χ1) is 9.04. The van der Waals surface area contributed by atoms with E-state index in [1.165, 1.54) is 23.1 Å². The molecule has 0 atom stereocenters. The minimum atomic E-state index is -0.491. The Kier molecular flexibility index (Phi) is 3.96.